The smallest absolute Gasteiger partial charge is 0.295 e. The van der Waals surface area contributed by atoms with Crippen LogP contribution in [0.15, 0.2) is 48.0 Å². The fourth-order valence-corrected chi connectivity index (χ4v) is 4.71. The monoisotopic (exact) mass is 443 g/mol. The average molecular weight is 444 g/mol. The van der Waals surface area contributed by atoms with Gasteiger partial charge >= 0.3 is 0 Å². The Balaban J connectivity index is 1.92. The second-order valence-electron chi connectivity index (χ2n) is 7.74. The molecule has 1 N–H and O–H groups in total. The van der Waals surface area contributed by atoms with Crippen LogP contribution >= 0.6 is 11.6 Å². The van der Waals surface area contributed by atoms with Crippen molar-refractivity contribution in [1.82, 2.24) is 4.90 Å². The third-order valence-corrected chi connectivity index (χ3v) is 6.23. The number of hydrogen-bond acceptors (Lipinski definition) is 4. The number of aliphatic hydroxyl groups excluding tert-OH is 1. The number of Topliss-reactive ketones (excluding diaryl/α,β-unsaturated/α-hetero) is 1. The van der Waals surface area contributed by atoms with Gasteiger partial charge in [-0.3, -0.25) is 9.59 Å². The molecule has 162 valence electrons. The predicted octanol–water partition coefficient (Wildman–Crippen LogP) is 5.24. The maximum atomic E-state index is 14.8. The molecule has 4 rings (SSSR count). The van der Waals surface area contributed by atoms with Crippen molar-refractivity contribution in [2.24, 2.45) is 0 Å². The molecule has 7 heteroatoms. The van der Waals surface area contributed by atoms with E-state index in [4.69, 9.17) is 16.3 Å². The average Bonchev–Trinajstić information content (AvgIpc) is 3.37. The van der Waals surface area contributed by atoms with Gasteiger partial charge in [-0.25, -0.2) is 4.39 Å². The number of ether oxygens (including phenoxy) is 1. The molecule has 0 aromatic heterocycles. The Bertz CT molecular complexity index is 1060. The van der Waals surface area contributed by atoms with Crippen LogP contribution in [0.25, 0.3) is 5.76 Å². The number of amides is 1. The van der Waals surface area contributed by atoms with Crippen molar-refractivity contribution in [3.05, 3.63) is 70.0 Å². The van der Waals surface area contributed by atoms with Gasteiger partial charge < -0.3 is 14.7 Å². The molecule has 1 aliphatic heterocycles. The fourth-order valence-electron chi connectivity index (χ4n) is 4.50. The van der Waals surface area contributed by atoms with Gasteiger partial charge in [-0.05, 0) is 44.0 Å². The van der Waals surface area contributed by atoms with Crippen molar-refractivity contribution >= 4 is 29.1 Å². The standard InChI is InChI=1S/C24H23ClFNO4/c1-2-31-15-11-12-18(25)17(13-15)22(28)20-21(16-9-5-6-10-19(16)26)27(24(30)23(20)29)14-7-3-4-8-14/h5-6,9-14,21,28H,2-4,7-8H2,1H3/b22-20+. The minimum Gasteiger partial charge on any atom is -0.507 e. The van der Waals surface area contributed by atoms with Gasteiger partial charge in [0.2, 0.25) is 0 Å². The van der Waals surface area contributed by atoms with Crippen LogP contribution < -0.4 is 4.74 Å². The third-order valence-electron chi connectivity index (χ3n) is 5.90. The Labute approximate surface area is 185 Å². The van der Waals surface area contributed by atoms with E-state index < -0.39 is 29.3 Å². The first-order chi connectivity index (χ1) is 14.9. The Morgan fingerprint density at radius 2 is 1.90 bits per heavy atom. The number of carbonyl (C=O) groups excluding carboxylic acids is 2. The van der Waals surface area contributed by atoms with Crippen molar-refractivity contribution in [2.75, 3.05) is 6.61 Å². The first kappa shape index (κ1) is 21.4. The quantitative estimate of drug-likeness (QED) is 0.389. The number of ketones is 1. The van der Waals surface area contributed by atoms with Crippen LogP contribution in [0.3, 0.4) is 0 Å². The van der Waals surface area contributed by atoms with Gasteiger partial charge in [0.05, 0.1) is 23.2 Å². The summed E-state index contributed by atoms with van der Waals surface area (Å²) >= 11 is 6.31. The van der Waals surface area contributed by atoms with Gasteiger partial charge in [0.1, 0.15) is 17.3 Å². The summed E-state index contributed by atoms with van der Waals surface area (Å²) < 4.78 is 20.3. The minimum absolute atomic E-state index is 0.155. The molecule has 1 saturated carbocycles. The largest absolute Gasteiger partial charge is 0.507 e. The molecule has 0 bridgehead atoms. The van der Waals surface area contributed by atoms with Gasteiger partial charge in [0.15, 0.2) is 0 Å². The molecule has 2 fully saturated rings. The summed E-state index contributed by atoms with van der Waals surface area (Å²) in [4.78, 5) is 27.6. The first-order valence-corrected chi connectivity index (χ1v) is 10.8. The second-order valence-corrected chi connectivity index (χ2v) is 8.15. The van der Waals surface area contributed by atoms with Crippen molar-refractivity contribution < 1.29 is 23.8 Å². The number of rotatable bonds is 5. The first-order valence-electron chi connectivity index (χ1n) is 10.4. The van der Waals surface area contributed by atoms with E-state index in [1.54, 1.807) is 30.3 Å². The number of benzene rings is 2. The molecule has 2 aliphatic rings. The lowest BCUT2D eigenvalue weighted by Gasteiger charge is -2.31. The SMILES string of the molecule is CCOc1ccc(Cl)c(/C(O)=C2\C(=O)C(=O)N(C3CCCC3)C2c2ccccc2F)c1. The summed E-state index contributed by atoms with van der Waals surface area (Å²) in [5.74, 6) is -2.08. The molecule has 1 saturated heterocycles. The van der Waals surface area contributed by atoms with Gasteiger partial charge in [0, 0.05) is 17.2 Å². The molecule has 1 heterocycles. The molecule has 2 aromatic carbocycles. The molecule has 1 aliphatic carbocycles. The van der Waals surface area contributed by atoms with Crippen LogP contribution in [0.1, 0.15) is 49.8 Å². The van der Waals surface area contributed by atoms with E-state index in [0.29, 0.717) is 12.4 Å². The summed E-state index contributed by atoms with van der Waals surface area (Å²) in [6.45, 7) is 2.22. The van der Waals surface area contributed by atoms with Gasteiger partial charge in [0.25, 0.3) is 11.7 Å². The predicted molar refractivity (Wildman–Crippen MR) is 115 cm³/mol. The van der Waals surface area contributed by atoms with Crippen molar-refractivity contribution in [2.45, 2.75) is 44.7 Å². The Morgan fingerprint density at radius 3 is 2.58 bits per heavy atom. The van der Waals surface area contributed by atoms with E-state index in [1.807, 2.05) is 6.92 Å². The zero-order valence-corrected chi connectivity index (χ0v) is 17.9. The maximum Gasteiger partial charge on any atom is 0.295 e. The van der Waals surface area contributed by atoms with Gasteiger partial charge in [-0.1, -0.05) is 42.6 Å². The highest BCUT2D eigenvalue weighted by Crippen LogP contribution is 2.45. The summed E-state index contributed by atoms with van der Waals surface area (Å²) in [6.07, 6.45) is 3.33. The van der Waals surface area contributed by atoms with Crippen LogP contribution in [0.2, 0.25) is 5.02 Å². The number of likely N-dealkylation sites (tertiary alicyclic amines) is 1. The fraction of sp³-hybridized carbons (Fsp3) is 0.333. The highest BCUT2D eigenvalue weighted by Gasteiger charge is 2.50. The Hall–Kier alpha value is -2.86. The van der Waals surface area contributed by atoms with Crippen molar-refractivity contribution in [3.63, 3.8) is 0 Å². The molecular weight excluding hydrogens is 421 g/mol. The third kappa shape index (κ3) is 3.81. The number of hydrogen-bond donors (Lipinski definition) is 1. The number of nitrogens with zero attached hydrogens (tertiary/aromatic N) is 1. The lowest BCUT2D eigenvalue weighted by molar-refractivity contribution is -0.141. The Kier molecular flexibility index (Phi) is 6.01. The molecule has 1 unspecified atom stereocenters. The van der Waals surface area contributed by atoms with Crippen LogP contribution in [-0.2, 0) is 9.59 Å². The van der Waals surface area contributed by atoms with Crippen molar-refractivity contribution in [3.8, 4) is 5.75 Å². The number of halogens is 2. The summed E-state index contributed by atoms with van der Waals surface area (Å²) in [7, 11) is 0. The van der Waals surface area contributed by atoms with E-state index >= 15 is 0 Å². The van der Waals surface area contributed by atoms with E-state index in [0.717, 1.165) is 25.7 Å². The molecule has 1 atom stereocenters. The summed E-state index contributed by atoms with van der Waals surface area (Å²) in [6, 6.07) is 9.53. The lowest BCUT2D eigenvalue weighted by atomic mass is 9.94. The molecule has 5 nitrogen and oxygen atoms in total. The molecule has 1 amide bonds. The van der Waals surface area contributed by atoms with E-state index in [2.05, 4.69) is 0 Å². The molecule has 2 aromatic rings. The van der Waals surface area contributed by atoms with E-state index in [-0.39, 0.29) is 27.8 Å². The second kappa shape index (κ2) is 8.71. The van der Waals surface area contributed by atoms with E-state index in [9.17, 15) is 19.1 Å². The summed E-state index contributed by atoms with van der Waals surface area (Å²) in [5.41, 5.74) is 0.183. The molecular formula is C24H23ClFNO4. The zero-order chi connectivity index (χ0) is 22.1. The Morgan fingerprint density at radius 1 is 1.19 bits per heavy atom. The van der Waals surface area contributed by atoms with Gasteiger partial charge in [-0.15, -0.1) is 0 Å². The summed E-state index contributed by atoms with van der Waals surface area (Å²) in [5, 5.41) is 11.4. The highest BCUT2D eigenvalue weighted by atomic mass is 35.5. The van der Waals surface area contributed by atoms with Crippen LogP contribution in [-0.4, -0.2) is 34.3 Å². The van der Waals surface area contributed by atoms with Crippen LogP contribution in [0, 0.1) is 5.82 Å². The van der Waals surface area contributed by atoms with Crippen molar-refractivity contribution in [1.29, 1.82) is 0 Å². The highest BCUT2D eigenvalue weighted by molar-refractivity contribution is 6.47. The van der Waals surface area contributed by atoms with Crippen LogP contribution in [0.4, 0.5) is 4.39 Å². The molecule has 31 heavy (non-hydrogen) atoms. The normalized spacial score (nSPS) is 21.1. The molecule has 0 spiro atoms. The minimum atomic E-state index is -1.02. The zero-order valence-electron chi connectivity index (χ0n) is 17.1. The topological polar surface area (TPSA) is 66.8 Å². The lowest BCUT2D eigenvalue weighted by Crippen LogP contribution is -2.38. The van der Waals surface area contributed by atoms with Gasteiger partial charge in [-0.2, -0.15) is 0 Å². The maximum absolute atomic E-state index is 14.8. The van der Waals surface area contributed by atoms with E-state index in [1.165, 1.54) is 17.0 Å². The number of carbonyl (C=O) groups is 2. The number of aliphatic hydroxyl groups is 1. The molecule has 0 radical (unpaired) electrons. The van der Waals surface area contributed by atoms with Crippen LogP contribution in [0.5, 0.6) is 5.75 Å².